The average molecular weight is 294 g/mol. The van der Waals surface area contributed by atoms with Crippen molar-refractivity contribution in [3.05, 3.63) is 71.3 Å². The fourth-order valence-corrected chi connectivity index (χ4v) is 2.27. The largest absolute Gasteiger partial charge is 0.393 e. The molecule has 0 aliphatic heterocycles. The Morgan fingerprint density at radius 2 is 1.19 bits per heavy atom. The molecule has 2 rings (SSSR count). The summed E-state index contributed by atoms with van der Waals surface area (Å²) in [7, 11) is 0. The van der Waals surface area contributed by atoms with E-state index in [0.717, 1.165) is 24.3 Å². The van der Waals surface area contributed by atoms with Crippen LogP contribution in [0.1, 0.15) is 18.1 Å². The molecule has 2 atom stereocenters. The zero-order valence-corrected chi connectivity index (χ0v) is 11.4. The second-order valence-electron chi connectivity index (χ2n) is 5.10. The van der Waals surface area contributed by atoms with Crippen molar-refractivity contribution in [1.82, 2.24) is 0 Å². The lowest BCUT2D eigenvalue weighted by atomic mass is 9.75. The molecule has 0 fully saturated rings. The molecule has 0 aliphatic rings. The zero-order chi connectivity index (χ0) is 15.7. The van der Waals surface area contributed by atoms with E-state index in [1.54, 1.807) is 0 Å². The van der Waals surface area contributed by atoms with Crippen LogP contribution in [0.5, 0.6) is 0 Å². The molecule has 0 spiro atoms. The molecule has 3 nitrogen and oxygen atoms in total. The Bertz CT molecular complexity index is 608. The fourth-order valence-electron chi connectivity index (χ4n) is 2.27. The minimum atomic E-state index is -2.06. The van der Waals surface area contributed by atoms with E-state index in [1.807, 2.05) is 0 Å². The van der Waals surface area contributed by atoms with Gasteiger partial charge in [-0.3, -0.25) is 0 Å². The Balaban J connectivity index is 2.51. The van der Waals surface area contributed by atoms with Gasteiger partial charge in [-0.15, -0.1) is 0 Å². The number of rotatable bonds is 4. The van der Waals surface area contributed by atoms with Crippen LogP contribution in [0.2, 0.25) is 0 Å². The van der Waals surface area contributed by atoms with Gasteiger partial charge in [0, 0.05) is 0 Å². The third-order valence-electron chi connectivity index (χ3n) is 3.76. The van der Waals surface area contributed by atoms with E-state index in [9.17, 15) is 24.1 Å². The summed E-state index contributed by atoms with van der Waals surface area (Å²) < 4.78 is 26.0. The lowest BCUT2D eigenvalue weighted by molar-refractivity contribution is -0.176. The average Bonchev–Trinajstić information content (AvgIpc) is 2.47. The van der Waals surface area contributed by atoms with Crippen molar-refractivity contribution < 1.29 is 24.1 Å². The number of halogens is 2. The highest BCUT2D eigenvalue weighted by atomic mass is 19.1. The maximum Gasteiger partial charge on any atom is 0.145 e. The number of hydrogen-bond acceptors (Lipinski definition) is 3. The second kappa shape index (κ2) is 5.52. The highest BCUT2D eigenvalue weighted by Crippen LogP contribution is 2.40. The molecular formula is C16H16F2O3. The minimum absolute atomic E-state index is 0.153. The van der Waals surface area contributed by atoms with E-state index in [-0.39, 0.29) is 11.1 Å². The summed E-state index contributed by atoms with van der Waals surface area (Å²) >= 11 is 0. The monoisotopic (exact) mass is 294 g/mol. The summed E-state index contributed by atoms with van der Waals surface area (Å²) in [5.74, 6) is -0.982. The number of benzene rings is 2. The second-order valence-corrected chi connectivity index (χ2v) is 5.10. The van der Waals surface area contributed by atoms with Crippen LogP contribution in [0, 0.1) is 11.6 Å². The molecule has 0 saturated carbocycles. The maximum absolute atomic E-state index is 13.0. The van der Waals surface area contributed by atoms with Gasteiger partial charge in [-0.25, -0.2) is 8.78 Å². The normalized spacial score (nSPS) is 17.0. The summed E-state index contributed by atoms with van der Waals surface area (Å²) in [5, 5.41) is 31.0. The van der Waals surface area contributed by atoms with Crippen LogP contribution in [0.3, 0.4) is 0 Å². The highest BCUT2D eigenvalue weighted by Gasteiger charge is 2.48. The minimum Gasteiger partial charge on any atom is -0.393 e. The summed E-state index contributed by atoms with van der Waals surface area (Å²) in [4.78, 5) is 0. The molecular weight excluding hydrogens is 278 g/mol. The van der Waals surface area contributed by atoms with Crippen molar-refractivity contribution in [2.45, 2.75) is 18.1 Å². The van der Waals surface area contributed by atoms with Gasteiger partial charge in [0.1, 0.15) is 22.8 Å². The predicted molar refractivity (Wildman–Crippen MR) is 73.4 cm³/mol. The van der Waals surface area contributed by atoms with Gasteiger partial charge < -0.3 is 15.3 Å². The summed E-state index contributed by atoms with van der Waals surface area (Å²) in [5.41, 5.74) is -3.57. The van der Waals surface area contributed by atoms with Crippen molar-refractivity contribution in [1.29, 1.82) is 0 Å². The van der Waals surface area contributed by atoms with Crippen LogP contribution in [0.25, 0.3) is 0 Å². The lowest BCUT2D eigenvalue weighted by Crippen LogP contribution is -2.50. The first-order chi connectivity index (χ1) is 9.81. The molecule has 5 heteroatoms. The van der Waals surface area contributed by atoms with E-state index in [4.69, 9.17) is 0 Å². The van der Waals surface area contributed by atoms with Gasteiger partial charge >= 0.3 is 0 Å². The van der Waals surface area contributed by atoms with Gasteiger partial charge in [0.25, 0.3) is 0 Å². The first-order valence-electron chi connectivity index (χ1n) is 6.39. The predicted octanol–water partition coefficient (Wildman–Crippen LogP) is 2.05. The third-order valence-corrected chi connectivity index (χ3v) is 3.76. The molecule has 0 saturated heterocycles. The molecule has 0 aliphatic carbocycles. The number of aliphatic hydroxyl groups excluding tert-OH is 1. The number of hydrogen-bond donors (Lipinski definition) is 3. The molecule has 112 valence electrons. The highest BCUT2D eigenvalue weighted by molar-refractivity contribution is 5.33. The van der Waals surface area contributed by atoms with Gasteiger partial charge in [-0.2, -0.15) is 0 Å². The molecule has 3 N–H and O–H groups in total. The molecule has 2 aromatic carbocycles. The van der Waals surface area contributed by atoms with E-state index in [0.29, 0.717) is 0 Å². The Labute approximate surface area is 121 Å². The van der Waals surface area contributed by atoms with Crippen molar-refractivity contribution in [2.75, 3.05) is 6.61 Å². The van der Waals surface area contributed by atoms with Gasteiger partial charge in [-0.05, 0) is 42.3 Å². The Morgan fingerprint density at radius 3 is 1.57 bits per heavy atom. The van der Waals surface area contributed by atoms with Gasteiger partial charge in [-0.1, -0.05) is 24.3 Å². The molecule has 0 unspecified atom stereocenters. The van der Waals surface area contributed by atoms with Gasteiger partial charge in [0.15, 0.2) is 0 Å². The number of aliphatic hydroxyl groups is 3. The van der Waals surface area contributed by atoms with E-state index in [2.05, 4.69) is 0 Å². The zero-order valence-electron chi connectivity index (χ0n) is 11.4. The first-order valence-corrected chi connectivity index (χ1v) is 6.39. The fraction of sp³-hybridized carbons (Fsp3) is 0.250. The molecule has 2 aromatic rings. The van der Waals surface area contributed by atoms with E-state index >= 15 is 0 Å². The topological polar surface area (TPSA) is 60.7 Å². The maximum atomic E-state index is 13.0. The molecule has 21 heavy (non-hydrogen) atoms. The van der Waals surface area contributed by atoms with Crippen LogP contribution in [0.4, 0.5) is 8.78 Å². The Morgan fingerprint density at radius 1 is 0.810 bits per heavy atom. The molecule has 0 heterocycles. The van der Waals surface area contributed by atoms with Crippen molar-refractivity contribution >= 4 is 0 Å². The van der Waals surface area contributed by atoms with Gasteiger partial charge in [0.05, 0.1) is 6.61 Å². The molecule has 0 amide bonds. The smallest absolute Gasteiger partial charge is 0.145 e. The summed E-state index contributed by atoms with van der Waals surface area (Å²) in [6.07, 6.45) is 0. The quantitative estimate of drug-likeness (QED) is 0.809. The lowest BCUT2D eigenvalue weighted by Gasteiger charge is -2.40. The van der Waals surface area contributed by atoms with E-state index < -0.39 is 29.4 Å². The van der Waals surface area contributed by atoms with Crippen molar-refractivity contribution in [2.24, 2.45) is 0 Å². The van der Waals surface area contributed by atoms with Crippen LogP contribution < -0.4 is 0 Å². The third kappa shape index (κ3) is 2.68. The first kappa shape index (κ1) is 15.6. The van der Waals surface area contributed by atoms with E-state index in [1.165, 1.54) is 31.2 Å². The van der Waals surface area contributed by atoms with Crippen LogP contribution in [-0.2, 0) is 11.2 Å². The Hall–Kier alpha value is -1.82. The van der Waals surface area contributed by atoms with Crippen LogP contribution >= 0.6 is 0 Å². The Kier molecular flexibility index (Phi) is 4.09. The SMILES string of the molecule is C[C@](O)(c1ccc(F)cc1)[C@@](O)(CO)c1ccc(F)cc1. The summed E-state index contributed by atoms with van der Waals surface area (Å²) in [6, 6.07) is 9.73. The van der Waals surface area contributed by atoms with Crippen molar-refractivity contribution in [3.63, 3.8) is 0 Å². The van der Waals surface area contributed by atoms with Crippen molar-refractivity contribution in [3.8, 4) is 0 Å². The van der Waals surface area contributed by atoms with Crippen LogP contribution in [-0.4, -0.2) is 21.9 Å². The molecule has 0 aromatic heterocycles. The molecule has 0 radical (unpaired) electrons. The summed E-state index contributed by atoms with van der Waals surface area (Å²) in [6.45, 7) is 0.517. The standard InChI is InChI=1S/C16H16F2O3/c1-15(20,11-2-6-13(17)7-3-11)16(21,10-19)12-4-8-14(18)9-5-12/h2-9,19-21H,10H2,1H3/t15-,16+/m0/s1. The van der Waals surface area contributed by atoms with Crippen LogP contribution in [0.15, 0.2) is 48.5 Å². The molecule has 0 bridgehead atoms. The van der Waals surface area contributed by atoms with Gasteiger partial charge in [0.2, 0.25) is 0 Å².